The smallest absolute Gasteiger partial charge is 0.370 e. The van der Waals surface area contributed by atoms with E-state index >= 15 is 0 Å². The fraction of sp³-hybridized carbons (Fsp3) is 0.636. The third-order valence-electron chi connectivity index (χ3n) is 2.15. The van der Waals surface area contributed by atoms with Gasteiger partial charge in [-0.2, -0.15) is 13.2 Å². The van der Waals surface area contributed by atoms with E-state index in [4.69, 9.17) is 11.6 Å². The summed E-state index contributed by atoms with van der Waals surface area (Å²) in [6.45, 7) is 1.40. The molecule has 0 saturated carbocycles. The number of rotatable bonds is 7. The zero-order valence-corrected chi connectivity index (χ0v) is 11.5. The quantitative estimate of drug-likeness (QED) is 0.832. The molecule has 1 N–H and O–H groups in total. The van der Waals surface area contributed by atoms with E-state index in [1.165, 1.54) is 11.3 Å². The number of nitrogens with one attached hydrogen (secondary N) is 1. The van der Waals surface area contributed by atoms with Crippen LogP contribution in [0, 0.1) is 0 Å². The monoisotopic (exact) mass is 301 g/mol. The van der Waals surface area contributed by atoms with Crippen LogP contribution in [0.2, 0.25) is 4.34 Å². The Bertz CT molecular complexity index is 356. The van der Waals surface area contributed by atoms with E-state index in [1.807, 2.05) is 13.0 Å². The molecule has 1 rings (SSSR count). The maximum atomic E-state index is 12.0. The summed E-state index contributed by atoms with van der Waals surface area (Å²) >= 11 is 7.23. The van der Waals surface area contributed by atoms with Gasteiger partial charge >= 0.3 is 6.18 Å². The average molecular weight is 302 g/mol. The third kappa shape index (κ3) is 6.58. The Hall–Kier alpha value is -0.300. The largest absolute Gasteiger partial charge is 0.411 e. The lowest BCUT2D eigenvalue weighted by Gasteiger charge is -2.17. The van der Waals surface area contributed by atoms with Gasteiger partial charge in [0.25, 0.3) is 0 Å². The van der Waals surface area contributed by atoms with Crippen LogP contribution < -0.4 is 5.32 Å². The molecule has 1 aromatic heterocycles. The molecule has 104 valence electrons. The van der Waals surface area contributed by atoms with Crippen LogP contribution in [0.25, 0.3) is 0 Å². The molecule has 1 atom stereocenters. The van der Waals surface area contributed by atoms with Gasteiger partial charge in [-0.05, 0) is 25.1 Å². The van der Waals surface area contributed by atoms with E-state index in [9.17, 15) is 13.2 Å². The average Bonchev–Trinajstić information content (AvgIpc) is 2.62. The minimum Gasteiger partial charge on any atom is -0.370 e. The lowest BCUT2D eigenvalue weighted by Crippen LogP contribution is -2.36. The van der Waals surface area contributed by atoms with Crippen molar-refractivity contribution < 1.29 is 17.9 Å². The molecule has 0 aliphatic rings. The normalized spacial score (nSPS) is 13.8. The molecular formula is C11H15ClF3NOS. The Morgan fingerprint density at radius 3 is 2.67 bits per heavy atom. The predicted octanol–water partition coefficient (Wildman–Crippen LogP) is 3.50. The second-order valence-electron chi connectivity index (χ2n) is 3.79. The van der Waals surface area contributed by atoms with Gasteiger partial charge in [0, 0.05) is 10.9 Å². The fourth-order valence-electron chi connectivity index (χ4n) is 1.50. The number of likely N-dealkylation sites (N-methyl/N-ethyl adjacent to an activating group) is 1. The molecule has 1 heterocycles. The topological polar surface area (TPSA) is 21.3 Å². The highest BCUT2D eigenvalue weighted by atomic mass is 35.5. The first-order chi connectivity index (χ1) is 8.40. The summed E-state index contributed by atoms with van der Waals surface area (Å²) < 4.78 is 41.2. The highest BCUT2D eigenvalue weighted by Crippen LogP contribution is 2.22. The van der Waals surface area contributed by atoms with Crippen LogP contribution in [0.3, 0.4) is 0 Å². The van der Waals surface area contributed by atoms with Crippen molar-refractivity contribution in [2.75, 3.05) is 19.8 Å². The summed E-state index contributed by atoms with van der Waals surface area (Å²) in [4.78, 5) is 1.03. The van der Waals surface area contributed by atoms with Gasteiger partial charge in [0.2, 0.25) is 0 Å². The van der Waals surface area contributed by atoms with Crippen molar-refractivity contribution in [2.24, 2.45) is 0 Å². The first kappa shape index (κ1) is 15.8. The van der Waals surface area contributed by atoms with Gasteiger partial charge in [0.05, 0.1) is 10.9 Å². The van der Waals surface area contributed by atoms with Crippen LogP contribution in [0.1, 0.15) is 11.8 Å². The van der Waals surface area contributed by atoms with Gasteiger partial charge in [-0.25, -0.2) is 0 Å². The predicted molar refractivity (Wildman–Crippen MR) is 67.4 cm³/mol. The molecule has 18 heavy (non-hydrogen) atoms. The summed E-state index contributed by atoms with van der Waals surface area (Å²) in [5.74, 6) is 0. The molecule has 0 fully saturated rings. The summed E-state index contributed by atoms with van der Waals surface area (Å²) in [6, 6.07) is 3.52. The minimum absolute atomic E-state index is 0.0306. The number of alkyl halides is 3. The van der Waals surface area contributed by atoms with Crippen molar-refractivity contribution >= 4 is 22.9 Å². The zero-order valence-electron chi connectivity index (χ0n) is 9.89. The van der Waals surface area contributed by atoms with Gasteiger partial charge in [0.1, 0.15) is 6.61 Å². The van der Waals surface area contributed by atoms with E-state index in [-0.39, 0.29) is 12.6 Å². The molecule has 0 radical (unpaired) electrons. The maximum absolute atomic E-state index is 12.0. The van der Waals surface area contributed by atoms with E-state index < -0.39 is 12.8 Å². The lowest BCUT2D eigenvalue weighted by molar-refractivity contribution is -0.175. The van der Waals surface area contributed by atoms with Crippen molar-refractivity contribution in [2.45, 2.75) is 25.6 Å². The molecule has 0 spiro atoms. The maximum Gasteiger partial charge on any atom is 0.411 e. The van der Waals surface area contributed by atoms with Crippen LogP contribution >= 0.6 is 22.9 Å². The lowest BCUT2D eigenvalue weighted by atomic mass is 10.2. The van der Waals surface area contributed by atoms with Crippen LogP contribution in [-0.4, -0.2) is 32.0 Å². The Morgan fingerprint density at radius 1 is 1.44 bits per heavy atom. The van der Waals surface area contributed by atoms with Gasteiger partial charge in [0.15, 0.2) is 0 Å². The SMILES string of the molecule is CCNC(COCC(F)(F)F)Cc1ccc(Cl)s1. The van der Waals surface area contributed by atoms with E-state index in [0.717, 1.165) is 4.88 Å². The number of halogens is 4. The van der Waals surface area contributed by atoms with Crippen LogP contribution in [-0.2, 0) is 11.2 Å². The molecule has 0 aromatic carbocycles. The molecule has 1 aromatic rings. The Morgan fingerprint density at radius 2 is 2.17 bits per heavy atom. The molecular weight excluding hydrogens is 287 g/mol. The van der Waals surface area contributed by atoms with Crippen LogP contribution in [0.4, 0.5) is 13.2 Å². The first-order valence-corrected chi connectivity index (χ1v) is 6.72. The number of thiophene rings is 1. The molecule has 7 heteroatoms. The summed E-state index contributed by atoms with van der Waals surface area (Å²) in [7, 11) is 0. The second-order valence-corrected chi connectivity index (χ2v) is 5.59. The van der Waals surface area contributed by atoms with Gasteiger partial charge in [-0.1, -0.05) is 18.5 Å². The molecule has 1 unspecified atom stereocenters. The van der Waals surface area contributed by atoms with Gasteiger partial charge in [-0.3, -0.25) is 0 Å². The van der Waals surface area contributed by atoms with Crippen molar-refractivity contribution in [3.05, 3.63) is 21.3 Å². The van der Waals surface area contributed by atoms with E-state index in [0.29, 0.717) is 17.3 Å². The molecule has 0 aliphatic heterocycles. The summed E-state index contributed by atoms with van der Waals surface area (Å²) in [5, 5.41) is 3.10. The number of ether oxygens (including phenoxy) is 1. The van der Waals surface area contributed by atoms with Crippen molar-refractivity contribution in [3.8, 4) is 0 Å². The standard InChI is InChI=1S/C11H15ClF3NOS/c1-2-16-8(6-17-7-11(13,14)15)5-9-3-4-10(12)18-9/h3-4,8,16H,2,5-7H2,1H3. The van der Waals surface area contributed by atoms with E-state index in [1.54, 1.807) is 6.07 Å². The zero-order chi connectivity index (χ0) is 13.6. The fourth-order valence-corrected chi connectivity index (χ4v) is 2.67. The van der Waals surface area contributed by atoms with Gasteiger partial charge < -0.3 is 10.1 Å². The second kappa shape index (κ2) is 7.33. The summed E-state index contributed by atoms with van der Waals surface area (Å²) in [6.07, 6.45) is -3.66. The van der Waals surface area contributed by atoms with E-state index in [2.05, 4.69) is 10.1 Å². The van der Waals surface area contributed by atoms with Crippen LogP contribution in [0.5, 0.6) is 0 Å². The molecule has 0 aliphatic carbocycles. The third-order valence-corrected chi connectivity index (χ3v) is 3.41. The van der Waals surface area contributed by atoms with Crippen LogP contribution in [0.15, 0.2) is 12.1 Å². The molecule has 0 amide bonds. The Labute approximate surface area is 113 Å². The van der Waals surface area contributed by atoms with Gasteiger partial charge in [-0.15, -0.1) is 11.3 Å². The molecule has 2 nitrogen and oxygen atoms in total. The Balaban J connectivity index is 2.40. The van der Waals surface area contributed by atoms with Crippen molar-refractivity contribution in [1.29, 1.82) is 0 Å². The molecule has 0 bridgehead atoms. The highest BCUT2D eigenvalue weighted by Gasteiger charge is 2.27. The Kier molecular flexibility index (Phi) is 6.42. The number of hydrogen-bond donors (Lipinski definition) is 1. The van der Waals surface area contributed by atoms with Crippen molar-refractivity contribution in [1.82, 2.24) is 5.32 Å². The summed E-state index contributed by atoms with van der Waals surface area (Å²) in [5.41, 5.74) is 0. The van der Waals surface area contributed by atoms with Crippen molar-refractivity contribution in [3.63, 3.8) is 0 Å². The minimum atomic E-state index is -4.27. The number of hydrogen-bond acceptors (Lipinski definition) is 3. The highest BCUT2D eigenvalue weighted by molar-refractivity contribution is 7.16. The first-order valence-electron chi connectivity index (χ1n) is 5.53. The molecule has 0 saturated heterocycles.